The molecule has 0 saturated heterocycles. The van der Waals surface area contributed by atoms with Gasteiger partial charge in [0.2, 0.25) is 34.9 Å². The molecule has 1 unspecified atom stereocenters. The summed E-state index contributed by atoms with van der Waals surface area (Å²) in [7, 11) is 1.50. The van der Waals surface area contributed by atoms with Crippen molar-refractivity contribution in [3.05, 3.63) is 87.9 Å². The van der Waals surface area contributed by atoms with Crippen LogP contribution in [0.25, 0.3) is 6.08 Å². The predicted octanol–water partition coefficient (Wildman–Crippen LogP) is 5.69. The summed E-state index contributed by atoms with van der Waals surface area (Å²) < 4.78 is 88.6. The van der Waals surface area contributed by atoms with Crippen LogP contribution in [0.15, 0.2) is 42.2 Å². The quantitative estimate of drug-likeness (QED) is 0.104. The first kappa shape index (κ1) is 25.7. The van der Waals surface area contributed by atoms with E-state index in [0.29, 0.717) is 11.3 Å². The van der Waals surface area contributed by atoms with Gasteiger partial charge in [-0.05, 0) is 49.8 Å². The van der Waals surface area contributed by atoms with E-state index in [9.17, 15) is 31.5 Å². The summed E-state index contributed by atoms with van der Waals surface area (Å²) in [6.45, 7) is 2.50. The Labute approximate surface area is 206 Å². The van der Waals surface area contributed by atoms with Crippen molar-refractivity contribution in [1.29, 1.82) is 0 Å². The second kappa shape index (κ2) is 9.92. The number of carbonyl (C=O) groups is 2. The molecule has 0 fully saturated rings. The van der Waals surface area contributed by atoms with Gasteiger partial charge in [0, 0.05) is 5.56 Å². The maximum absolute atomic E-state index is 13.9. The van der Waals surface area contributed by atoms with Crippen LogP contribution in [0.5, 0.6) is 23.0 Å². The monoisotopic (exact) mass is 520 g/mol. The van der Waals surface area contributed by atoms with E-state index in [1.807, 2.05) is 0 Å². The highest BCUT2D eigenvalue weighted by Crippen LogP contribution is 2.39. The van der Waals surface area contributed by atoms with Crippen molar-refractivity contribution in [1.82, 2.24) is 0 Å². The molecule has 1 atom stereocenters. The Balaban J connectivity index is 1.54. The molecule has 11 heteroatoms. The third kappa shape index (κ3) is 4.72. The number of hydrogen-bond donors (Lipinski definition) is 0. The fraction of sp³-hybridized carbons (Fsp3) is 0.154. The number of halogens is 5. The lowest BCUT2D eigenvalue weighted by Crippen LogP contribution is -2.29. The van der Waals surface area contributed by atoms with Gasteiger partial charge in [-0.15, -0.1) is 0 Å². The first-order chi connectivity index (χ1) is 17.5. The number of esters is 1. The first-order valence-electron chi connectivity index (χ1n) is 10.6. The maximum atomic E-state index is 13.9. The Hall–Kier alpha value is -4.41. The average Bonchev–Trinajstić information content (AvgIpc) is 3.21. The normalized spacial score (nSPS) is 14.3. The third-order valence-electron chi connectivity index (χ3n) is 5.43. The summed E-state index contributed by atoms with van der Waals surface area (Å²) in [5.74, 6) is -13.9. The lowest BCUT2D eigenvalue weighted by molar-refractivity contribution is -0.141. The lowest BCUT2D eigenvalue weighted by Gasteiger charge is -2.16. The Morgan fingerprint density at radius 2 is 1.62 bits per heavy atom. The van der Waals surface area contributed by atoms with Gasteiger partial charge in [0.1, 0.15) is 17.2 Å². The molecular weight excluding hydrogens is 503 g/mol. The first-order valence-corrected chi connectivity index (χ1v) is 10.6. The van der Waals surface area contributed by atoms with E-state index < -0.39 is 52.7 Å². The number of fused-ring (bicyclic) bond motifs is 1. The van der Waals surface area contributed by atoms with Gasteiger partial charge in [-0.1, -0.05) is 12.1 Å². The van der Waals surface area contributed by atoms with Crippen molar-refractivity contribution in [2.75, 3.05) is 7.11 Å². The fourth-order valence-electron chi connectivity index (χ4n) is 3.47. The minimum absolute atomic E-state index is 0.0119. The fourth-order valence-corrected chi connectivity index (χ4v) is 3.47. The van der Waals surface area contributed by atoms with Crippen molar-refractivity contribution in [3.63, 3.8) is 0 Å². The molecule has 0 radical (unpaired) electrons. The molecular formula is C26H17F5O6. The molecule has 1 aliphatic rings. The van der Waals surface area contributed by atoms with Gasteiger partial charge >= 0.3 is 5.97 Å². The smallest absolute Gasteiger partial charge is 0.352 e. The Kier molecular flexibility index (Phi) is 6.88. The topological polar surface area (TPSA) is 71.1 Å². The second-order valence-electron chi connectivity index (χ2n) is 7.86. The molecule has 0 aromatic heterocycles. The number of Topliss-reactive ketones (excluding diaryl/α,β-unsaturated/α-hetero) is 1. The molecule has 4 rings (SSSR count). The second-order valence-corrected chi connectivity index (χ2v) is 7.86. The van der Waals surface area contributed by atoms with Crippen LogP contribution in [-0.4, -0.2) is 25.0 Å². The molecule has 37 heavy (non-hydrogen) atoms. The maximum Gasteiger partial charge on any atom is 0.352 e. The largest absolute Gasteiger partial charge is 0.497 e. The van der Waals surface area contributed by atoms with E-state index in [0.717, 1.165) is 6.92 Å². The molecule has 1 heterocycles. The molecule has 6 nitrogen and oxygen atoms in total. The van der Waals surface area contributed by atoms with Crippen LogP contribution in [-0.2, 0) is 4.79 Å². The van der Waals surface area contributed by atoms with Crippen LogP contribution in [0.2, 0.25) is 0 Å². The van der Waals surface area contributed by atoms with Crippen molar-refractivity contribution in [2.24, 2.45) is 0 Å². The van der Waals surface area contributed by atoms with Gasteiger partial charge in [-0.3, -0.25) is 4.79 Å². The third-order valence-corrected chi connectivity index (χ3v) is 5.43. The van der Waals surface area contributed by atoms with Crippen LogP contribution >= 0.6 is 0 Å². The van der Waals surface area contributed by atoms with Gasteiger partial charge in [0.25, 0.3) is 0 Å². The van der Waals surface area contributed by atoms with Crippen LogP contribution in [0.3, 0.4) is 0 Å². The lowest BCUT2D eigenvalue weighted by atomic mass is 10.1. The van der Waals surface area contributed by atoms with Crippen molar-refractivity contribution < 1.29 is 50.5 Å². The number of ether oxygens (including phenoxy) is 4. The van der Waals surface area contributed by atoms with Gasteiger partial charge in [0.05, 0.1) is 12.7 Å². The van der Waals surface area contributed by atoms with Crippen molar-refractivity contribution >= 4 is 17.8 Å². The highest BCUT2D eigenvalue weighted by atomic mass is 19.2. The molecule has 192 valence electrons. The van der Waals surface area contributed by atoms with Gasteiger partial charge in [-0.25, -0.2) is 18.0 Å². The van der Waals surface area contributed by atoms with Crippen LogP contribution in [0.4, 0.5) is 22.0 Å². The molecule has 3 aromatic carbocycles. The summed E-state index contributed by atoms with van der Waals surface area (Å²) in [5.41, 5.74) is 1.09. The van der Waals surface area contributed by atoms with Gasteiger partial charge in [0.15, 0.2) is 17.6 Å². The molecule has 3 aromatic rings. The summed E-state index contributed by atoms with van der Waals surface area (Å²) in [4.78, 5) is 25.3. The highest BCUT2D eigenvalue weighted by molar-refractivity contribution is 6.15. The summed E-state index contributed by atoms with van der Waals surface area (Å²) in [6, 6.07) is 9.55. The molecule has 0 spiro atoms. The number of methoxy groups -OCH3 is 1. The SMILES string of the molecule is COc1cccc(/C=C2\Oc3c(ccc(OC(=O)C(C)Oc4c(F)c(F)c(F)c(F)c4F)c3C)C2=O)c1. The standard InChI is InChI=1S/C26H17F5O6/c1-11-16(37-26(33)12(2)35-25-21(30)19(28)18(27)20(29)22(25)31)8-7-15-23(32)17(36-24(11)15)10-13-5-4-6-14(9-13)34-3/h4-10,12H,1-3H3/b17-10-. The zero-order chi connectivity index (χ0) is 27.0. The average molecular weight is 520 g/mol. The summed E-state index contributed by atoms with van der Waals surface area (Å²) in [6.07, 6.45) is -0.261. The van der Waals surface area contributed by atoms with E-state index in [-0.39, 0.29) is 28.4 Å². The number of benzene rings is 3. The highest BCUT2D eigenvalue weighted by Gasteiger charge is 2.32. The zero-order valence-electron chi connectivity index (χ0n) is 19.5. The van der Waals surface area contributed by atoms with E-state index in [1.54, 1.807) is 24.3 Å². The predicted molar refractivity (Wildman–Crippen MR) is 119 cm³/mol. The molecule has 0 amide bonds. The van der Waals surface area contributed by atoms with Gasteiger partial charge in [-0.2, -0.15) is 8.78 Å². The number of carbonyl (C=O) groups excluding carboxylic acids is 2. The molecule has 0 N–H and O–H groups in total. The molecule has 0 aliphatic carbocycles. The Morgan fingerprint density at radius 1 is 0.973 bits per heavy atom. The van der Waals surface area contributed by atoms with Crippen LogP contribution in [0.1, 0.15) is 28.4 Å². The van der Waals surface area contributed by atoms with Crippen LogP contribution in [0, 0.1) is 36.0 Å². The molecule has 0 saturated carbocycles. The Morgan fingerprint density at radius 3 is 2.27 bits per heavy atom. The van der Waals surface area contributed by atoms with Crippen molar-refractivity contribution in [2.45, 2.75) is 20.0 Å². The van der Waals surface area contributed by atoms with E-state index in [2.05, 4.69) is 0 Å². The minimum atomic E-state index is -2.36. The van der Waals surface area contributed by atoms with E-state index >= 15 is 0 Å². The van der Waals surface area contributed by atoms with Crippen molar-refractivity contribution in [3.8, 4) is 23.0 Å². The molecule has 1 aliphatic heterocycles. The number of ketones is 1. The molecule has 0 bridgehead atoms. The summed E-state index contributed by atoms with van der Waals surface area (Å²) in [5, 5.41) is 0. The van der Waals surface area contributed by atoms with Crippen LogP contribution < -0.4 is 18.9 Å². The minimum Gasteiger partial charge on any atom is -0.497 e. The number of rotatable bonds is 6. The number of allylic oxidation sites excluding steroid dienone is 1. The van der Waals surface area contributed by atoms with E-state index in [1.165, 1.54) is 32.2 Å². The zero-order valence-corrected chi connectivity index (χ0v) is 19.5. The van der Waals surface area contributed by atoms with Gasteiger partial charge < -0.3 is 18.9 Å². The number of hydrogen-bond acceptors (Lipinski definition) is 6. The van der Waals surface area contributed by atoms with E-state index in [4.69, 9.17) is 18.9 Å². The summed E-state index contributed by atoms with van der Waals surface area (Å²) >= 11 is 0. The Bertz CT molecular complexity index is 1440.